The van der Waals surface area contributed by atoms with Crippen LogP contribution in [0.5, 0.6) is 5.75 Å². The van der Waals surface area contributed by atoms with Gasteiger partial charge in [-0.1, -0.05) is 34.1 Å². The maximum Gasteiger partial charge on any atom is 0.123 e. The minimum absolute atomic E-state index is 0.192. The number of imidazole rings is 1. The molecule has 0 spiro atoms. The fourth-order valence-corrected chi connectivity index (χ4v) is 2.74. The van der Waals surface area contributed by atoms with Crippen LogP contribution in [0.2, 0.25) is 0 Å². The summed E-state index contributed by atoms with van der Waals surface area (Å²) in [5.74, 6) is 2.01. The van der Waals surface area contributed by atoms with Crippen LogP contribution in [-0.2, 0) is 12.8 Å². The number of hydrogen-bond donors (Lipinski definition) is 1. The van der Waals surface area contributed by atoms with Crippen LogP contribution in [0.15, 0.2) is 36.7 Å². The molecule has 1 aliphatic heterocycles. The number of para-hydroxylation sites is 1. The summed E-state index contributed by atoms with van der Waals surface area (Å²) in [4.78, 5) is 7.63. The van der Waals surface area contributed by atoms with E-state index >= 15 is 0 Å². The molecular weight excluding hydrogens is 280 g/mol. The molecule has 0 fully saturated rings. The molecule has 0 aliphatic carbocycles. The van der Waals surface area contributed by atoms with Crippen molar-refractivity contribution < 1.29 is 4.74 Å². The Hall–Kier alpha value is -1.29. The standard InChI is InChI=1S/C13H13BrN2O/c14-10(8-13-15-5-6-16-13)12-7-9-3-1-2-4-11(9)17-12/h1-6,10,12H,7-8H2,(H,15,16). The van der Waals surface area contributed by atoms with Crippen LogP contribution in [0.4, 0.5) is 0 Å². The fourth-order valence-electron chi connectivity index (χ4n) is 2.14. The van der Waals surface area contributed by atoms with Crippen molar-refractivity contribution in [3.05, 3.63) is 48.0 Å². The molecule has 2 aromatic rings. The molecular formula is C13H13BrN2O. The molecule has 1 aromatic carbocycles. The zero-order valence-electron chi connectivity index (χ0n) is 9.27. The van der Waals surface area contributed by atoms with Crippen molar-refractivity contribution in [3.63, 3.8) is 0 Å². The van der Waals surface area contributed by atoms with Gasteiger partial charge in [0.2, 0.25) is 0 Å². The van der Waals surface area contributed by atoms with Crippen molar-refractivity contribution in [1.82, 2.24) is 9.97 Å². The highest BCUT2D eigenvalue weighted by Gasteiger charge is 2.28. The normalized spacial score (nSPS) is 19.7. The number of fused-ring (bicyclic) bond motifs is 1. The number of nitrogens with one attached hydrogen (secondary N) is 1. The van der Waals surface area contributed by atoms with Gasteiger partial charge in [-0.3, -0.25) is 0 Å². The van der Waals surface area contributed by atoms with Crippen LogP contribution in [0.25, 0.3) is 0 Å². The van der Waals surface area contributed by atoms with Gasteiger partial charge in [0.05, 0.1) is 4.83 Å². The van der Waals surface area contributed by atoms with Crippen LogP contribution in [-0.4, -0.2) is 20.9 Å². The van der Waals surface area contributed by atoms with Crippen molar-refractivity contribution in [1.29, 1.82) is 0 Å². The summed E-state index contributed by atoms with van der Waals surface area (Å²) in [6.07, 6.45) is 5.63. The van der Waals surface area contributed by atoms with Crippen molar-refractivity contribution in [2.75, 3.05) is 0 Å². The highest BCUT2D eigenvalue weighted by atomic mass is 79.9. The van der Waals surface area contributed by atoms with Gasteiger partial charge < -0.3 is 9.72 Å². The van der Waals surface area contributed by atoms with Crippen LogP contribution in [0.1, 0.15) is 11.4 Å². The van der Waals surface area contributed by atoms with Gasteiger partial charge in [0.15, 0.2) is 0 Å². The van der Waals surface area contributed by atoms with E-state index in [2.05, 4.69) is 38.0 Å². The first-order valence-corrected chi connectivity index (χ1v) is 6.61. The van der Waals surface area contributed by atoms with Gasteiger partial charge in [-0.2, -0.15) is 0 Å². The van der Waals surface area contributed by atoms with Crippen molar-refractivity contribution in [2.45, 2.75) is 23.8 Å². The Morgan fingerprint density at radius 1 is 1.47 bits per heavy atom. The molecule has 3 nitrogen and oxygen atoms in total. The Morgan fingerprint density at radius 2 is 2.35 bits per heavy atom. The zero-order chi connectivity index (χ0) is 11.7. The number of nitrogens with zero attached hydrogens (tertiary/aromatic N) is 1. The molecule has 1 aliphatic rings. The van der Waals surface area contributed by atoms with Crippen LogP contribution >= 0.6 is 15.9 Å². The number of H-pyrrole nitrogens is 1. The smallest absolute Gasteiger partial charge is 0.123 e. The molecule has 0 bridgehead atoms. The Bertz CT molecular complexity index is 473. The topological polar surface area (TPSA) is 37.9 Å². The van der Waals surface area contributed by atoms with Gasteiger partial charge in [-0.05, 0) is 11.6 Å². The first-order chi connectivity index (χ1) is 8.33. The number of alkyl halides is 1. The maximum absolute atomic E-state index is 5.93. The third-order valence-corrected chi connectivity index (χ3v) is 3.93. The lowest BCUT2D eigenvalue weighted by Crippen LogP contribution is -2.27. The lowest BCUT2D eigenvalue weighted by Gasteiger charge is -2.16. The first-order valence-electron chi connectivity index (χ1n) is 5.70. The van der Waals surface area contributed by atoms with Gasteiger partial charge >= 0.3 is 0 Å². The molecule has 2 heterocycles. The second kappa shape index (κ2) is 4.53. The SMILES string of the molecule is BrC(Cc1ncc[nH]1)C1Cc2ccccc2O1. The molecule has 88 valence electrons. The number of benzene rings is 1. The second-order valence-electron chi connectivity index (χ2n) is 4.22. The predicted octanol–water partition coefficient (Wildman–Crippen LogP) is 2.72. The highest BCUT2D eigenvalue weighted by Crippen LogP contribution is 2.32. The molecule has 1 aromatic heterocycles. The van der Waals surface area contributed by atoms with Gasteiger partial charge in [0.1, 0.15) is 17.7 Å². The van der Waals surface area contributed by atoms with E-state index in [0.717, 1.165) is 24.4 Å². The second-order valence-corrected chi connectivity index (χ2v) is 5.40. The molecule has 0 saturated carbocycles. The molecule has 17 heavy (non-hydrogen) atoms. The number of ether oxygens (including phenoxy) is 1. The quantitative estimate of drug-likeness (QED) is 0.884. The number of halogens is 1. The summed E-state index contributed by atoms with van der Waals surface area (Å²) in [6, 6.07) is 8.22. The molecule has 1 N–H and O–H groups in total. The maximum atomic E-state index is 5.93. The van der Waals surface area contributed by atoms with E-state index in [1.807, 2.05) is 18.3 Å². The van der Waals surface area contributed by atoms with E-state index in [1.54, 1.807) is 6.20 Å². The van der Waals surface area contributed by atoms with E-state index in [4.69, 9.17) is 4.74 Å². The summed E-state index contributed by atoms with van der Waals surface area (Å²) in [5.41, 5.74) is 1.29. The minimum atomic E-state index is 0.192. The molecule has 4 heteroatoms. The number of rotatable bonds is 3. The Balaban J connectivity index is 1.68. The van der Waals surface area contributed by atoms with Crippen molar-refractivity contribution in [2.24, 2.45) is 0 Å². The highest BCUT2D eigenvalue weighted by molar-refractivity contribution is 9.09. The number of aromatic nitrogens is 2. The molecule has 0 radical (unpaired) electrons. The van der Waals surface area contributed by atoms with Gasteiger partial charge in [0.25, 0.3) is 0 Å². The molecule has 0 amide bonds. The average Bonchev–Trinajstić information content (AvgIpc) is 2.96. The van der Waals surface area contributed by atoms with E-state index in [-0.39, 0.29) is 10.9 Å². The number of aromatic amines is 1. The molecule has 3 rings (SSSR count). The van der Waals surface area contributed by atoms with Crippen LogP contribution < -0.4 is 4.74 Å². The Labute approximate surface area is 108 Å². The number of hydrogen-bond acceptors (Lipinski definition) is 2. The van der Waals surface area contributed by atoms with Gasteiger partial charge in [0, 0.05) is 25.2 Å². The Morgan fingerprint density at radius 3 is 3.12 bits per heavy atom. The first kappa shape index (κ1) is 10.8. The lowest BCUT2D eigenvalue weighted by molar-refractivity contribution is 0.229. The lowest BCUT2D eigenvalue weighted by atomic mass is 10.1. The van der Waals surface area contributed by atoms with Crippen molar-refractivity contribution >= 4 is 15.9 Å². The van der Waals surface area contributed by atoms with E-state index in [9.17, 15) is 0 Å². The van der Waals surface area contributed by atoms with E-state index in [1.165, 1.54) is 5.56 Å². The van der Waals surface area contributed by atoms with E-state index < -0.39 is 0 Å². The van der Waals surface area contributed by atoms with Crippen LogP contribution in [0.3, 0.4) is 0 Å². The summed E-state index contributed by atoms with van der Waals surface area (Å²) >= 11 is 3.70. The van der Waals surface area contributed by atoms with Crippen molar-refractivity contribution in [3.8, 4) is 5.75 Å². The minimum Gasteiger partial charge on any atom is -0.489 e. The largest absolute Gasteiger partial charge is 0.489 e. The predicted molar refractivity (Wildman–Crippen MR) is 69.6 cm³/mol. The van der Waals surface area contributed by atoms with Crippen LogP contribution in [0, 0.1) is 0 Å². The summed E-state index contributed by atoms with van der Waals surface area (Å²) in [7, 11) is 0. The molecule has 0 saturated heterocycles. The molecule has 2 atom stereocenters. The summed E-state index contributed by atoms with van der Waals surface area (Å²) in [6.45, 7) is 0. The Kier molecular flexibility index (Phi) is 2.89. The van der Waals surface area contributed by atoms with E-state index in [0.29, 0.717) is 0 Å². The summed E-state index contributed by atoms with van der Waals surface area (Å²) in [5, 5.41) is 0. The third kappa shape index (κ3) is 2.22. The summed E-state index contributed by atoms with van der Waals surface area (Å²) < 4.78 is 5.93. The van der Waals surface area contributed by atoms with Gasteiger partial charge in [-0.25, -0.2) is 4.98 Å². The average molecular weight is 293 g/mol. The zero-order valence-corrected chi connectivity index (χ0v) is 10.9. The fraction of sp³-hybridized carbons (Fsp3) is 0.308. The monoisotopic (exact) mass is 292 g/mol. The van der Waals surface area contributed by atoms with Gasteiger partial charge in [-0.15, -0.1) is 0 Å². The third-order valence-electron chi connectivity index (χ3n) is 3.02. The molecule has 2 unspecified atom stereocenters.